The number of benzene rings is 3. The molecule has 0 fully saturated rings. The van der Waals surface area contributed by atoms with Gasteiger partial charge in [-0.05, 0) is 52.9 Å². The molecule has 0 saturated carbocycles. The first-order chi connectivity index (χ1) is 14.8. The molecule has 3 aliphatic heterocycles. The van der Waals surface area contributed by atoms with Crippen molar-refractivity contribution in [1.82, 2.24) is 0 Å². The van der Waals surface area contributed by atoms with Crippen LogP contribution < -0.4 is 15.5 Å². The van der Waals surface area contributed by atoms with E-state index >= 15 is 0 Å². The van der Waals surface area contributed by atoms with Crippen LogP contribution in [0.3, 0.4) is 0 Å². The Hall–Kier alpha value is -2.63. The van der Waals surface area contributed by atoms with E-state index in [1.165, 1.54) is 44.9 Å². The standard InChI is InChI=1S/C25H25N3OS/c1-2-4-19-14-30-25(11-17(19)3-1)18-5-7-23-20(9-18)12-28(15-26-23)22-6-8-24-21(10-22)13-29-16-27-24/h1-10,25-27H,11-16H2. The minimum Gasteiger partial charge on any atom is -0.367 e. The first-order valence-corrected chi connectivity index (χ1v) is 11.6. The van der Waals surface area contributed by atoms with Gasteiger partial charge in [0.2, 0.25) is 0 Å². The second-order valence-corrected chi connectivity index (χ2v) is 9.42. The van der Waals surface area contributed by atoms with Crippen molar-refractivity contribution < 1.29 is 4.74 Å². The van der Waals surface area contributed by atoms with Crippen molar-refractivity contribution in [2.45, 2.75) is 30.6 Å². The number of hydrogen-bond acceptors (Lipinski definition) is 5. The Morgan fingerprint density at radius 1 is 0.867 bits per heavy atom. The van der Waals surface area contributed by atoms with Crippen LogP contribution in [0.4, 0.5) is 17.1 Å². The van der Waals surface area contributed by atoms with Gasteiger partial charge in [0, 0.05) is 40.2 Å². The molecule has 30 heavy (non-hydrogen) atoms. The van der Waals surface area contributed by atoms with E-state index in [1.54, 1.807) is 0 Å². The van der Waals surface area contributed by atoms with Gasteiger partial charge in [0.1, 0.15) is 6.73 Å². The summed E-state index contributed by atoms with van der Waals surface area (Å²) in [5, 5.41) is 7.44. The third-order valence-corrected chi connectivity index (χ3v) is 7.68. The van der Waals surface area contributed by atoms with E-state index < -0.39 is 0 Å². The van der Waals surface area contributed by atoms with Gasteiger partial charge < -0.3 is 20.3 Å². The van der Waals surface area contributed by atoms with Crippen molar-refractivity contribution in [3.05, 3.63) is 88.5 Å². The third-order valence-electron chi connectivity index (χ3n) is 6.36. The smallest absolute Gasteiger partial charge is 0.116 e. The first-order valence-electron chi connectivity index (χ1n) is 10.6. The first kappa shape index (κ1) is 18.2. The molecular formula is C25H25N3OS. The predicted molar refractivity (Wildman–Crippen MR) is 125 cm³/mol. The van der Waals surface area contributed by atoms with Gasteiger partial charge in [-0.2, -0.15) is 0 Å². The maximum atomic E-state index is 5.55. The van der Waals surface area contributed by atoms with Crippen molar-refractivity contribution in [3.63, 3.8) is 0 Å². The van der Waals surface area contributed by atoms with Crippen LogP contribution in [0.25, 0.3) is 0 Å². The number of hydrogen-bond donors (Lipinski definition) is 2. The third kappa shape index (κ3) is 3.32. The highest BCUT2D eigenvalue weighted by Gasteiger charge is 2.23. The van der Waals surface area contributed by atoms with Crippen molar-refractivity contribution >= 4 is 28.8 Å². The molecule has 152 valence electrons. The van der Waals surface area contributed by atoms with Crippen LogP contribution in [0.2, 0.25) is 0 Å². The minimum absolute atomic E-state index is 0.535. The highest BCUT2D eigenvalue weighted by molar-refractivity contribution is 7.98. The van der Waals surface area contributed by atoms with E-state index in [0.29, 0.717) is 18.6 Å². The molecule has 4 nitrogen and oxygen atoms in total. The van der Waals surface area contributed by atoms with Crippen molar-refractivity contribution in [2.75, 3.05) is 28.9 Å². The molecular weight excluding hydrogens is 390 g/mol. The fourth-order valence-corrected chi connectivity index (χ4v) is 5.96. The van der Waals surface area contributed by atoms with E-state index in [9.17, 15) is 0 Å². The summed E-state index contributed by atoms with van der Waals surface area (Å²) in [4.78, 5) is 2.41. The number of thioether (sulfide) groups is 1. The summed E-state index contributed by atoms with van der Waals surface area (Å²) in [5.74, 6) is 1.10. The lowest BCUT2D eigenvalue weighted by molar-refractivity contribution is 0.130. The number of nitrogens with zero attached hydrogens (tertiary/aromatic N) is 1. The average molecular weight is 416 g/mol. The van der Waals surface area contributed by atoms with Crippen LogP contribution in [-0.4, -0.2) is 13.4 Å². The maximum absolute atomic E-state index is 5.55. The predicted octanol–water partition coefficient (Wildman–Crippen LogP) is 5.51. The summed E-state index contributed by atoms with van der Waals surface area (Å²) in [6.07, 6.45) is 1.12. The second-order valence-electron chi connectivity index (χ2n) is 8.23. The van der Waals surface area contributed by atoms with E-state index in [0.717, 1.165) is 25.4 Å². The summed E-state index contributed by atoms with van der Waals surface area (Å²) < 4.78 is 5.55. The van der Waals surface area contributed by atoms with Crippen molar-refractivity contribution in [3.8, 4) is 0 Å². The summed E-state index contributed by atoms with van der Waals surface area (Å²) in [5.41, 5.74) is 10.7. The molecule has 1 unspecified atom stereocenters. The lowest BCUT2D eigenvalue weighted by Gasteiger charge is -2.33. The Morgan fingerprint density at radius 3 is 2.70 bits per heavy atom. The van der Waals surface area contributed by atoms with Crippen LogP contribution >= 0.6 is 11.8 Å². The van der Waals surface area contributed by atoms with Gasteiger partial charge in [-0.1, -0.05) is 36.4 Å². The van der Waals surface area contributed by atoms with E-state index in [1.807, 2.05) is 0 Å². The Labute approximate surface area is 181 Å². The highest BCUT2D eigenvalue weighted by Crippen LogP contribution is 2.41. The molecule has 3 aromatic carbocycles. The summed E-state index contributed by atoms with van der Waals surface area (Å²) >= 11 is 2.07. The van der Waals surface area contributed by atoms with Crippen LogP contribution in [-0.2, 0) is 30.1 Å². The number of nitrogens with one attached hydrogen (secondary N) is 2. The molecule has 0 radical (unpaired) electrons. The molecule has 0 amide bonds. The van der Waals surface area contributed by atoms with Crippen LogP contribution in [0.1, 0.15) is 33.1 Å². The van der Waals surface area contributed by atoms with Gasteiger partial charge >= 0.3 is 0 Å². The van der Waals surface area contributed by atoms with Gasteiger partial charge in [0.05, 0.1) is 13.3 Å². The summed E-state index contributed by atoms with van der Waals surface area (Å²) in [7, 11) is 0. The molecule has 0 aromatic heterocycles. The zero-order chi connectivity index (χ0) is 19.9. The largest absolute Gasteiger partial charge is 0.367 e. The fourth-order valence-electron chi connectivity index (χ4n) is 4.66. The van der Waals surface area contributed by atoms with Crippen LogP contribution in [0, 0.1) is 0 Å². The number of rotatable bonds is 2. The molecule has 2 N–H and O–H groups in total. The molecule has 0 saturated heterocycles. The normalized spacial score (nSPS) is 19.7. The highest BCUT2D eigenvalue weighted by atomic mass is 32.2. The maximum Gasteiger partial charge on any atom is 0.116 e. The molecule has 0 bridgehead atoms. The fraction of sp³-hybridized carbons (Fsp3) is 0.280. The molecule has 0 spiro atoms. The van der Waals surface area contributed by atoms with Crippen molar-refractivity contribution in [1.29, 1.82) is 0 Å². The molecule has 3 aromatic rings. The molecule has 3 heterocycles. The lowest BCUT2D eigenvalue weighted by atomic mass is 9.97. The van der Waals surface area contributed by atoms with Crippen LogP contribution in [0.15, 0.2) is 60.7 Å². The Bertz CT molecular complexity index is 1100. The molecule has 5 heteroatoms. The van der Waals surface area contributed by atoms with Crippen LogP contribution in [0.5, 0.6) is 0 Å². The molecule has 1 atom stereocenters. The SMILES string of the molecule is c1ccc2c(c1)CSC(c1ccc3c(c1)CN(c1ccc4c(c1)COCN4)CN3)C2. The quantitative estimate of drug-likeness (QED) is 0.577. The van der Waals surface area contributed by atoms with E-state index in [-0.39, 0.29) is 0 Å². The number of anilines is 3. The minimum atomic E-state index is 0.535. The molecule has 3 aliphatic rings. The Kier molecular flexibility index (Phi) is 4.58. The lowest BCUT2D eigenvalue weighted by Crippen LogP contribution is -2.33. The number of fused-ring (bicyclic) bond motifs is 3. The molecule has 0 aliphatic carbocycles. The zero-order valence-electron chi connectivity index (χ0n) is 16.9. The zero-order valence-corrected chi connectivity index (χ0v) is 17.7. The summed E-state index contributed by atoms with van der Waals surface area (Å²) in [6, 6.07) is 22.5. The topological polar surface area (TPSA) is 36.5 Å². The van der Waals surface area contributed by atoms with E-state index in [4.69, 9.17) is 4.74 Å². The molecule has 6 rings (SSSR count). The van der Waals surface area contributed by atoms with Crippen molar-refractivity contribution in [2.24, 2.45) is 0 Å². The van der Waals surface area contributed by atoms with Gasteiger partial charge in [-0.3, -0.25) is 0 Å². The monoisotopic (exact) mass is 415 g/mol. The second kappa shape index (κ2) is 7.56. The summed E-state index contributed by atoms with van der Waals surface area (Å²) in [6.45, 7) is 3.03. The Balaban J connectivity index is 1.24. The van der Waals surface area contributed by atoms with Gasteiger partial charge in [-0.15, -0.1) is 11.8 Å². The van der Waals surface area contributed by atoms with E-state index in [2.05, 4.69) is 88.0 Å². The van der Waals surface area contributed by atoms with Gasteiger partial charge in [0.15, 0.2) is 0 Å². The Morgan fingerprint density at radius 2 is 1.73 bits per heavy atom. The number of ether oxygens (including phenoxy) is 1. The average Bonchev–Trinajstić information content (AvgIpc) is 2.82. The van der Waals surface area contributed by atoms with Gasteiger partial charge in [-0.25, -0.2) is 0 Å². The van der Waals surface area contributed by atoms with Gasteiger partial charge in [0.25, 0.3) is 0 Å².